The lowest BCUT2D eigenvalue weighted by Crippen LogP contribution is -2.29. The van der Waals surface area contributed by atoms with E-state index in [0.29, 0.717) is 19.5 Å². The number of rotatable bonds is 8. The molecule has 0 atom stereocenters. The van der Waals surface area contributed by atoms with Gasteiger partial charge in [-0.2, -0.15) is 0 Å². The molecule has 1 N–H and O–H groups in total. The molecule has 0 saturated carbocycles. The number of aldehydes is 1. The van der Waals surface area contributed by atoms with E-state index in [1.807, 2.05) is 13.8 Å². The highest BCUT2D eigenvalue weighted by molar-refractivity contribution is 5.79. The third-order valence-electron chi connectivity index (χ3n) is 1.29. The van der Waals surface area contributed by atoms with Crippen molar-refractivity contribution in [1.29, 1.82) is 0 Å². The van der Waals surface area contributed by atoms with Crippen LogP contribution < -0.4 is 5.32 Å². The maximum absolute atomic E-state index is 10.9. The summed E-state index contributed by atoms with van der Waals surface area (Å²) < 4.78 is 10.2. The number of amides is 1. The van der Waals surface area contributed by atoms with Gasteiger partial charge in [-0.25, -0.2) is 0 Å². The van der Waals surface area contributed by atoms with Crippen LogP contribution in [-0.4, -0.2) is 44.7 Å². The van der Waals surface area contributed by atoms with E-state index in [4.69, 9.17) is 9.47 Å². The second-order valence-corrected chi connectivity index (χ2v) is 2.94. The van der Waals surface area contributed by atoms with Gasteiger partial charge < -0.3 is 19.6 Å². The van der Waals surface area contributed by atoms with Crippen LogP contribution in [0.4, 0.5) is 0 Å². The van der Waals surface area contributed by atoms with Gasteiger partial charge in [-0.3, -0.25) is 4.79 Å². The zero-order valence-electron chi connectivity index (χ0n) is 8.62. The minimum atomic E-state index is -0.290. The first-order valence-electron chi connectivity index (χ1n) is 4.56. The van der Waals surface area contributed by atoms with Crippen molar-refractivity contribution in [3.63, 3.8) is 0 Å². The first kappa shape index (κ1) is 13.1. The summed E-state index contributed by atoms with van der Waals surface area (Å²) in [5.41, 5.74) is 0. The number of hydrogen-bond donors (Lipinski definition) is 1. The molecule has 0 rings (SSSR count). The molecule has 0 aromatic heterocycles. The summed E-state index contributed by atoms with van der Waals surface area (Å²) in [6.45, 7) is 4.71. The molecule has 1 amide bonds. The van der Waals surface area contributed by atoms with Crippen molar-refractivity contribution < 1.29 is 19.1 Å². The van der Waals surface area contributed by atoms with Gasteiger partial charge in [0.25, 0.3) is 0 Å². The summed E-state index contributed by atoms with van der Waals surface area (Å²) in [6, 6.07) is 0. The Bertz CT molecular complexity index is 170. The van der Waals surface area contributed by atoms with Crippen LogP contribution in [0.15, 0.2) is 0 Å². The summed E-state index contributed by atoms with van der Waals surface area (Å²) in [6.07, 6.45) is 0.794. The van der Waals surface area contributed by atoms with Crippen LogP contribution in [0.5, 0.6) is 0 Å². The van der Waals surface area contributed by atoms with Crippen LogP contribution in [0.3, 0.4) is 0 Å². The monoisotopic (exact) mass is 203 g/mol. The summed E-state index contributed by atoms with van der Waals surface area (Å²) in [7, 11) is 0. The van der Waals surface area contributed by atoms with Crippen LogP contribution in [0.1, 0.15) is 13.8 Å². The Morgan fingerprint density at radius 2 is 2.14 bits per heavy atom. The molecule has 0 aliphatic carbocycles. The van der Waals surface area contributed by atoms with E-state index in [-0.39, 0.29) is 25.2 Å². The zero-order valence-corrected chi connectivity index (χ0v) is 8.62. The topological polar surface area (TPSA) is 64.6 Å². The van der Waals surface area contributed by atoms with Gasteiger partial charge in [0.1, 0.15) is 12.9 Å². The molecular weight excluding hydrogens is 186 g/mol. The highest BCUT2D eigenvalue weighted by atomic mass is 16.5. The lowest BCUT2D eigenvalue weighted by molar-refractivity contribution is -0.127. The molecule has 0 spiro atoms. The van der Waals surface area contributed by atoms with Crippen molar-refractivity contribution in [2.45, 2.75) is 20.0 Å². The molecule has 0 bridgehead atoms. The summed E-state index contributed by atoms with van der Waals surface area (Å²) in [5.74, 6) is -0.290. The van der Waals surface area contributed by atoms with E-state index in [0.717, 1.165) is 0 Å². The van der Waals surface area contributed by atoms with Gasteiger partial charge >= 0.3 is 0 Å². The molecule has 5 nitrogen and oxygen atoms in total. The minimum Gasteiger partial charge on any atom is -0.376 e. The molecule has 0 aromatic rings. The Kier molecular flexibility index (Phi) is 8.07. The Balaban J connectivity index is 3.18. The molecule has 0 radical (unpaired) electrons. The number of ether oxygens (including phenoxy) is 2. The summed E-state index contributed by atoms with van der Waals surface area (Å²) in [4.78, 5) is 20.7. The highest BCUT2D eigenvalue weighted by Crippen LogP contribution is 1.86. The Hall–Kier alpha value is -0.940. The van der Waals surface area contributed by atoms with Crippen LogP contribution in [0, 0.1) is 0 Å². The standard InChI is InChI=1S/C9H17NO4/c1-8(2)14-6-5-13-7-9(12)10-3-4-11/h4,8H,3,5-7H2,1-2H3,(H,10,12). The third-order valence-corrected chi connectivity index (χ3v) is 1.29. The van der Waals surface area contributed by atoms with E-state index >= 15 is 0 Å². The second kappa shape index (κ2) is 8.65. The fourth-order valence-electron chi connectivity index (χ4n) is 0.714. The average molecular weight is 203 g/mol. The van der Waals surface area contributed by atoms with Crippen molar-refractivity contribution in [2.75, 3.05) is 26.4 Å². The molecule has 0 fully saturated rings. The fourth-order valence-corrected chi connectivity index (χ4v) is 0.714. The molecule has 0 unspecified atom stereocenters. The first-order chi connectivity index (χ1) is 6.66. The van der Waals surface area contributed by atoms with E-state index in [1.54, 1.807) is 0 Å². The highest BCUT2D eigenvalue weighted by Gasteiger charge is 1.99. The van der Waals surface area contributed by atoms with Crippen molar-refractivity contribution >= 4 is 12.2 Å². The second-order valence-electron chi connectivity index (χ2n) is 2.94. The first-order valence-corrected chi connectivity index (χ1v) is 4.56. The Labute approximate surface area is 83.8 Å². The Morgan fingerprint density at radius 1 is 1.43 bits per heavy atom. The minimum absolute atomic E-state index is 0.0324. The van der Waals surface area contributed by atoms with E-state index in [9.17, 15) is 9.59 Å². The van der Waals surface area contributed by atoms with Crippen LogP contribution in [0.25, 0.3) is 0 Å². The molecule has 0 heterocycles. The molecule has 0 aliphatic rings. The molecule has 0 aliphatic heterocycles. The van der Waals surface area contributed by atoms with E-state index in [1.165, 1.54) is 0 Å². The molecule has 5 heteroatoms. The lowest BCUT2D eigenvalue weighted by atomic mass is 10.5. The molecule has 14 heavy (non-hydrogen) atoms. The quantitative estimate of drug-likeness (QED) is 0.436. The fraction of sp³-hybridized carbons (Fsp3) is 0.778. The lowest BCUT2D eigenvalue weighted by Gasteiger charge is -2.07. The third kappa shape index (κ3) is 9.15. The van der Waals surface area contributed by atoms with Crippen molar-refractivity contribution in [1.82, 2.24) is 5.32 Å². The molecule has 0 saturated heterocycles. The van der Waals surface area contributed by atoms with Gasteiger partial charge in [-0.05, 0) is 13.8 Å². The van der Waals surface area contributed by atoms with E-state index < -0.39 is 0 Å². The van der Waals surface area contributed by atoms with Gasteiger partial charge in [-0.15, -0.1) is 0 Å². The number of carbonyl (C=O) groups excluding carboxylic acids is 2. The van der Waals surface area contributed by atoms with Crippen LogP contribution in [0.2, 0.25) is 0 Å². The van der Waals surface area contributed by atoms with Gasteiger partial charge in [0.15, 0.2) is 0 Å². The van der Waals surface area contributed by atoms with Gasteiger partial charge in [0.05, 0.1) is 25.9 Å². The predicted molar refractivity (Wildman–Crippen MR) is 51.0 cm³/mol. The smallest absolute Gasteiger partial charge is 0.246 e. The van der Waals surface area contributed by atoms with Crippen LogP contribution in [-0.2, 0) is 19.1 Å². The molecule has 0 aromatic carbocycles. The van der Waals surface area contributed by atoms with Crippen molar-refractivity contribution in [2.24, 2.45) is 0 Å². The average Bonchev–Trinajstić information content (AvgIpc) is 2.13. The van der Waals surface area contributed by atoms with E-state index in [2.05, 4.69) is 5.32 Å². The maximum Gasteiger partial charge on any atom is 0.246 e. The van der Waals surface area contributed by atoms with Gasteiger partial charge in [0.2, 0.25) is 5.91 Å². The van der Waals surface area contributed by atoms with Crippen molar-refractivity contribution in [3.8, 4) is 0 Å². The zero-order chi connectivity index (χ0) is 10.8. The normalized spacial score (nSPS) is 10.2. The number of carbonyl (C=O) groups is 2. The van der Waals surface area contributed by atoms with Gasteiger partial charge in [0, 0.05) is 0 Å². The number of hydrogen-bond acceptors (Lipinski definition) is 4. The van der Waals surface area contributed by atoms with Gasteiger partial charge in [-0.1, -0.05) is 0 Å². The molecular formula is C9H17NO4. The summed E-state index contributed by atoms with van der Waals surface area (Å²) in [5, 5.41) is 2.36. The largest absolute Gasteiger partial charge is 0.376 e. The predicted octanol–water partition coefficient (Wildman–Crippen LogP) is -0.257. The SMILES string of the molecule is CC(C)OCCOCC(=O)NCC=O. The summed E-state index contributed by atoms with van der Waals surface area (Å²) >= 11 is 0. The Morgan fingerprint density at radius 3 is 2.71 bits per heavy atom. The number of nitrogens with one attached hydrogen (secondary N) is 1. The maximum atomic E-state index is 10.9. The molecule has 82 valence electrons. The van der Waals surface area contributed by atoms with Crippen molar-refractivity contribution in [3.05, 3.63) is 0 Å². The van der Waals surface area contributed by atoms with Crippen LogP contribution >= 0.6 is 0 Å².